The van der Waals surface area contributed by atoms with Crippen LogP contribution in [0.1, 0.15) is 6.42 Å². The van der Waals surface area contributed by atoms with E-state index in [0.29, 0.717) is 0 Å². The molecule has 7 N–H and O–H groups in total. The molecule has 0 aliphatic heterocycles. The van der Waals surface area contributed by atoms with Crippen LogP contribution in [0.4, 0.5) is 4.79 Å². The largest absolute Gasteiger partial charge is 0.480 e. The zero-order valence-electron chi connectivity index (χ0n) is 11.8. The Labute approximate surface area is 136 Å². The van der Waals surface area contributed by atoms with Crippen LogP contribution >= 0.6 is 12.6 Å². The molecule has 0 bridgehead atoms. The molecule has 1 rings (SSSR count). The van der Waals surface area contributed by atoms with E-state index in [1.54, 1.807) is 0 Å². The smallest absolute Gasteiger partial charge is 0.333 e. The van der Waals surface area contributed by atoms with Crippen molar-refractivity contribution in [3.63, 3.8) is 0 Å². The molecule has 3 amide bonds. The second-order valence-corrected chi connectivity index (χ2v) is 5.34. The van der Waals surface area contributed by atoms with E-state index >= 15 is 0 Å². The number of nitrogens with one attached hydrogen (secondary N) is 3. The van der Waals surface area contributed by atoms with Crippen molar-refractivity contribution in [2.75, 3.05) is 13.1 Å². The number of carboxylic acids is 2. The molecule has 0 aromatic rings. The Morgan fingerprint density at radius 1 is 1.30 bits per heavy atom. The lowest BCUT2D eigenvalue weighted by molar-refractivity contribution is -0.138. The predicted molar refractivity (Wildman–Crippen MR) is 80.7 cm³/mol. The fourth-order valence-electron chi connectivity index (χ4n) is 1.59. The molecule has 0 saturated heterocycles. The number of carbonyl (C=O) groups is 4. The molecule has 0 heterocycles. The van der Waals surface area contributed by atoms with Gasteiger partial charge in [-0.2, -0.15) is 12.6 Å². The van der Waals surface area contributed by atoms with Crippen molar-refractivity contribution in [2.24, 2.45) is 5.73 Å². The van der Waals surface area contributed by atoms with Gasteiger partial charge in [-0.25, -0.2) is 9.59 Å². The first-order valence-corrected chi connectivity index (χ1v) is 6.91. The van der Waals surface area contributed by atoms with E-state index in [1.165, 1.54) is 0 Å². The maximum Gasteiger partial charge on any atom is 0.333 e. The average molecular weight is 344 g/mol. The van der Waals surface area contributed by atoms with Gasteiger partial charge >= 0.3 is 18.0 Å². The number of thiol groups is 1. The van der Waals surface area contributed by atoms with Gasteiger partial charge in [0.1, 0.15) is 12.1 Å². The Balaban J connectivity index is 2.47. The van der Waals surface area contributed by atoms with Crippen molar-refractivity contribution in [3.05, 3.63) is 0 Å². The van der Waals surface area contributed by atoms with Gasteiger partial charge in [0.2, 0.25) is 5.91 Å². The third-order valence-electron chi connectivity index (χ3n) is 2.93. The van der Waals surface area contributed by atoms with Gasteiger partial charge in [0.05, 0.1) is 6.54 Å². The van der Waals surface area contributed by atoms with Crippen LogP contribution in [0, 0.1) is 11.8 Å². The van der Waals surface area contributed by atoms with Crippen LogP contribution in [0.15, 0.2) is 0 Å². The zero-order chi connectivity index (χ0) is 17.6. The lowest BCUT2D eigenvalue weighted by Gasteiger charge is -2.17. The quantitative estimate of drug-likeness (QED) is 0.204. The first-order valence-electron chi connectivity index (χ1n) is 6.40. The fraction of sp³-hybridized carbons (Fsp3) is 0.500. The lowest BCUT2D eigenvalue weighted by Crippen LogP contribution is -2.54. The normalized spacial score (nSPS) is 22.8. The summed E-state index contributed by atoms with van der Waals surface area (Å²) < 4.78 is 0. The van der Waals surface area contributed by atoms with E-state index in [1.807, 2.05) is 0 Å². The first-order chi connectivity index (χ1) is 10.7. The molecule has 11 heteroatoms. The van der Waals surface area contributed by atoms with Gasteiger partial charge in [0.15, 0.2) is 6.04 Å². The summed E-state index contributed by atoms with van der Waals surface area (Å²) in [6.45, 7) is -0.736. The molecule has 1 fully saturated rings. The van der Waals surface area contributed by atoms with Crippen LogP contribution in [0.25, 0.3) is 0 Å². The van der Waals surface area contributed by atoms with Crippen molar-refractivity contribution in [2.45, 2.75) is 23.3 Å². The van der Waals surface area contributed by atoms with E-state index in [4.69, 9.17) is 15.9 Å². The molecular formula is C12H16N4O6S. The average Bonchev–Trinajstić information content (AvgIpc) is 3.11. The molecule has 0 aromatic carbocycles. The molecule has 3 unspecified atom stereocenters. The molecule has 0 aromatic heterocycles. The minimum atomic E-state index is -1.35. The fourth-order valence-corrected chi connectivity index (χ4v) is 2.06. The van der Waals surface area contributed by atoms with Gasteiger partial charge in [-0.3, -0.25) is 9.59 Å². The van der Waals surface area contributed by atoms with E-state index in [9.17, 15) is 19.2 Å². The highest BCUT2D eigenvalue weighted by atomic mass is 32.1. The van der Waals surface area contributed by atoms with Crippen LogP contribution < -0.4 is 21.7 Å². The second-order valence-electron chi connectivity index (χ2n) is 4.71. The zero-order valence-corrected chi connectivity index (χ0v) is 12.7. The van der Waals surface area contributed by atoms with E-state index < -0.39 is 47.3 Å². The van der Waals surface area contributed by atoms with Crippen LogP contribution in [0.3, 0.4) is 0 Å². The number of hydrogen-bond acceptors (Lipinski definition) is 6. The number of rotatable bonds is 6. The molecule has 1 saturated carbocycles. The van der Waals surface area contributed by atoms with Crippen molar-refractivity contribution < 1.29 is 29.4 Å². The highest BCUT2D eigenvalue weighted by Gasteiger charge is 2.59. The first kappa shape index (κ1) is 18.6. The van der Waals surface area contributed by atoms with Gasteiger partial charge in [-0.1, -0.05) is 11.8 Å². The van der Waals surface area contributed by atoms with E-state index in [-0.39, 0.29) is 13.0 Å². The maximum absolute atomic E-state index is 11.9. The van der Waals surface area contributed by atoms with Crippen molar-refractivity contribution in [1.82, 2.24) is 16.0 Å². The maximum atomic E-state index is 11.9. The van der Waals surface area contributed by atoms with Crippen molar-refractivity contribution in [3.8, 4) is 11.8 Å². The molecule has 1 aliphatic carbocycles. The summed E-state index contributed by atoms with van der Waals surface area (Å²) in [6, 6.07) is -2.07. The molecule has 23 heavy (non-hydrogen) atoms. The molecule has 10 nitrogen and oxygen atoms in total. The number of nitrogens with two attached hydrogens (primary N) is 1. The van der Waals surface area contributed by atoms with E-state index in [0.717, 1.165) is 0 Å². The number of aliphatic carboxylic acids is 2. The van der Waals surface area contributed by atoms with E-state index in [2.05, 4.69) is 40.4 Å². The minimum absolute atomic E-state index is 0.170. The number of carboxylic acid groups (broad SMARTS) is 2. The highest BCUT2D eigenvalue weighted by Crippen LogP contribution is 2.41. The molecule has 0 radical (unpaired) electrons. The van der Waals surface area contributed by atoms with Crippen molar-refractivity contribution in [1.29, 1.82) is 0 Å². The third kappa shape index (κ3) is 5.35. The van der Waals surface area contributed by atoms with Gasteiger partial charge in [0, 0.05) is 5.25 Å². The van der Waals surface area contributed by atoms with Gasteiger partial charge in [0.25, 0.3) is 0 Å². The molecule has 0 spiro atoms. The summed E-state index contributed by atoms with van der Waals surface area (Å²) >= 11 is 4.11. The lowest BCUT2D eigenvalue weighted by atomic mass is 10.2. The highest BCUT2D eigenvalue weighted by molar-refractivity contribution is 7.81. The van der Waals surface area contributed by atoms with Crippen LogP contribution in [0.5, 0.6) is 0 Å². The SMILES string of the molecule is NC(C#CCNC(=O)NC1(C(=O)NCC(=O)O)CC1S)C(=O)O. The Hall–Kier alpha value is -2.45. The van der Waals surface area contributed by atoms with Crippen LogP contribution in [-0.2, 0) is 14.4 Å². The topological polar surface area (TPSA) is 171 Å². The molecule has 126 valence electrons. The summed E-state index contributed by atoms with van der Waals surface area (Å²) in [7, 11) is 0. The van der Waals surface area contributed by atoms with Gasteiger partial charge < -0.3 is 31.9 Å². The molecular weight excluding hydrogens is 328 g/mol. The Kier molecular flexibility index (Phi) is 6.23. The Morgan fingerprint density at radius 2 is 1.91 bits per heavy atom. The number of urea groups is 1. The van der Waals surface area contributed by atoms with Crippen LogP contribution in [0.2, 0.25) is 0 Å². The standard InChI is InChI=1S/C12H16N4O6S/c13-6(9(19)20)2-1-3-14-11(22)16-12(4-7(12)23)10(21)15-5-8(17)18/h6-7,23H,3-5,13H2,(H,15,21)(H,17,18)(H,19,20)(H2,14,16,22). The van der Waals surface area contributed by atoms with Crippen molar-refractivity contribution >= 4 is 36.5 Å². The summed E-state index contributed by atoms with van der Waals surface area (Å²) in [6.07, 6.45) is 0.255. The number of hydrogen-bond donors (Lipinski definition) is 7. The third-order valence-corrected chi connectivity index (χ3v) is 3.55. The van der Waals surface area contributed by atoms with Gasteiger partial charge in [-0.05, 0) is 6.42 Å². The predicted octanol–water partition coefficient (Wildman–Crippen LogP) is -2.66. The minimum Gasteiger partial charge on any atom is -0.480 e. The number of carbonyl (C=O) groups excluding carboxylic acids is 2. The Bertz CT molecular complexity index is 586. The summed E-state index contributed by atoms with van der Waals surface area (Å²) in [5.74, 6) is 1.43. The van der Waals surface area contributed by atoms with Gasteiger partial charge in [-0.15, -0.1) is 0 Å². The Morgan fingerprint density at radius 3 is 2.39 bits per heavy atom. The summed E-state index contributed by atoms with van der Waals surface area (Å²) in [5.41, 5.74) is 3.88. The molecule has 3 atom stereocenters. The number of amides is 3. The summed E-state index contributed by atoms with van der Waals surface area (Å²) in [4.78, 5) is 44.4. The molecule has 1 aliphatic rings. The monoisotopic (exact) mass is 344 g/mol. The van der Waals surface area contributed by atoms with Crippen LogP contribution in [-0.4, -0.2) is 64.0 Å². The summed E-state index contributed by atoms with van der Waals surface area (Å²) in [5, 5.41) is 23.5. The second kappa shape index (κ2) is 7.70.